The molecule has 0 bridgehead atoms. The predicted octanol–water partition coefficient (Wildman–Crippen LogP) is 2.41. The molecule has 17 heavy (non-hydrogen) atoms. The maximum atomic E-state index is 10.1. The maximum absolute atomic E-state index is 10.1. The average molecular weight is 229 g/mol. The molecule has 3 heteroatoms. The summed E-state index contributed by atoms with van der Waals surface area (Å²) >= 11 is 0. The predicted molar refractivity (Wildman–Crippen MR) is 65.5 cm³/mol. The van der Waals surface area contributed by atoms with Gasteiger partial charge >= 0.3 is 0 Å². The first-order chi connectivity index (χ1) is 8.19. The third kappa shape index (κ3) is 1.54. The van der Waals surface area contributed by atoms with Gasteiger partial charge in [-0.2, -0.15) is 0 Å². The molecule has 2 unspecified atom stereocenters. The lowest BCUT2D eigenvalue weighted by molar-refractivity contribution is 0.146. The van der Waals surface area contributed by atoms with E-state index < -0.39 is 6.23 Å². The summed E-state index contributed by atoms with van der Waals surface area (Å²) in [6.07, 6.45) is 9.36. The van der Waals surface area contributed by atoms with Crippen molar-refractivity contribution in [1.29, 1.82) is 0 Å². The quantitative estimate of drug-likeness (QED) is 0.802. The molecule has 3 rings (SSSR count). The van der Waals surface area contributed by atoms with Crippen LogP contribution in [0.1, 0.15) is 23.4 Å². The zero-order chi connectivity index (χ0) is 12.0. The first kappa shape index (κ1) is 10.4. The highest BCUT2D eigenvalue weighted by molar-refractivity contribution is 5.47. The van der Waals surface area contributed by atoms with E-state index in [2.05, 4.69) is 12.1 Å². The summed E-state index contributed by atoms with van der Waals surface area (Å²) in [5.74, 6) is 1.06. The van der Waals surface area contributed by atoms with Crippen molar-refractivity contribution in [3.05, 3.63) is 59.2 Å². The number of ether oxygens (including phenoxy) is 1. The number of rotatable bonds is 1. The summed E-state index contributed by atoms with van der Waals surface area (Å²) in [5, 5.41) is 10.1. The van der Waals surface area contributed by atoms with Gasteiger partial charge in [0.25, 0.3) is 0 Å². The van der Waals surface area contributed by atoms with Crippen LogP contribution in [0.4, 0.5) is 0 Å². The second-order valence-electron chi connectivity index (χ2n) is 4.52. The van der Waals surface area contributed by atoms with Crippen LogP contribution in [0.15, 0.2) is 47.9 Å². The molecule has 0 aromatic carbocycles. The molecule has 2 atom stereocenters. The van der Waals surface area contributed by atoms with Crippen LogP contribution in [0.5, 0.6) is 0 Å². The number of hydrogen-bond acceptors (Lipinski definition) is 2. The summed E-state index contributed by atoms with van der Waals surface area (Å²) in [6, 6.07) is 2.12. The molecule has 2 aliphatic rings. The number of aromatic nitrogens is 1. The minimum atomic E-state index is -0.578. The summed E-state index contributed by atoms with van der Waals surface area (Å²) < 4.78 is 7.13. The molecular weight excluding hydrogens is 214 g/mol. The Balaban J connectivity index is 2.09. The topological polar surface area (TPSA) is 34.4 Å². The van der Waals surface area contributed by atoms with Gasteiger partial charge in [0.15, 0.2) is 0 Å². The fourth-order valence-corrected chi connectivity index (χ4v) is 2.52. The highest BCUT2D eigenvalue weighted by Crippen LogP contribution is 2.38. The normalized spacial score (nSPS) is 25.8. The zero-order valence-electron chi connectivity index (χ0n) is 9.92. The van der Waals surface area contributed by atoms with Crippen LogP contribution < -0.4 is 0 Å². The van der Waals surface area contributed by atoms with E-state index in [0.717, 1.165) is 17.0 Å². The van der Waals surface area contributed by atoms with Crippen molar-refractivity contribution in [2.45, 2.75) is 19.1 Å². The SMILES string of the molecule is COC1=CC2=CC(O)n3cc(C)cc3C2C=C1. The molecule has 1 aromatic heterocycles. The molecular formula is C14H15NO2. The fourth-order valence-electron chi connectivity index (χ4n) is 2.52. The van der Waals surface area contributed by atoms with E-state index in [-0.39, 0.29) is 5.92 Å². The molecule has 2 heterocycles. The van der Waals surface area contributed by atoms with E-state index in [1.165, 1.54) is 5.56 Å². The van der Waals surface area contributed by atoms with Crippen molar-refractivity contribution < 1.29 is 9.84 Å². The average Bonchev–Trinajstić information content (AvgIpc) is 2.71. The monoisotopic (exact) mass is 229 g/mol. The maximum Gasteiger partial charge on any atom is 0.150 e. The van der Waals surface area contributed by atoms with E-state index >= 15 is 0 Å². The molecule has 0 spiro atoms. The lowest BCUT2D eigenvalue weighted by Gasteiger charge is -2.28. The molecule has 1 aliphatic heterocycles. The van der Waals surface area contributed by atoms with Gasteiger partial charge in [-0.05, 0) is 42.4 Å². The van der Waals surface area contributed by atoms with Crippen LogP contribution in [0, 0.1) is 6.92 Å². The van der Waals surface area contributed by atoms with Gasteiger partial charge < -0.3 is 14.4 Å². The Morgan fingerprint density at radius 2 is 2.24 bits per heavy atom. The van der Waals surface area contributed by atoms with Gasteiger partial charge in [0.2, 0.25) is 0 Å². The Morgan fingerprint density at radius 1 is 1.41 bits per heavy atom. The van der Waals surface area contributed by atoms with Gasteiger partial charge in [-0.15, -0.1) is 0 Å². The van der Waals surface area contributed by atoms with Crippen LogP contribution in [0.3, 0.4) is 0 Å². The Kier molecular flexibility index (Phi) is 2.23. The standard InChI is InChI=1S/C14H15NO2/c1-9-5-13-12-4-3-11(17-2)6-10(12)7-14(16)15(13)8-9/h3-8,12,14,16H,1-2H3. The van der Waals surface area contributed by atoms with Crippen LogP contribution in [-0.4, -0.2) is 16.8 Å². The van der Waals surface area contributed by atoms with Crippen molar-refractivity contribution >= 4 is 0 Å². The first-order valence-corrected chi connectivity index (χ1v) is 5.71. The molecule has 0 saturated heterocycles. The first-order valence-electron chi connectivity index (χ1n) is 5.71. The number of aliphatic hydroxyl groups excluding tert-OH is 1. The number of aryl methyl sites for hydroxylation is 1. The van der Waals surface area contributed by atoms with Gasteiger partial charge in [-0.1, -0.05) is 6.08 Å². The van der Waals surface area contributed by atoms with Gasteiger partial charge in [0.1, 0.15) is 12.0 Å². The van der Waals surface area contributed by atoms with Crippen molar-refractivity contribution in [3.8, 4) is 0 Å². The summed E-state index contributed by atoms with van der Waals surface area (Å²) in [7, 11) is 1.66. The largest absolute Gasteiger partial charge is 0.497 e. The Hall–Kier alpha value is -1.74. The van der Waals surface area contributed by atoms with Gasteiger partial charge in [-0.25, -0.2) is 0 Å². The lowest BCUT2D eigenvalue weighted by Crippen LogP contribution is -2.19. The van der Waals surface area contributed by atoms with E-state index in [4.69, 9.17) is 4.74 Å². The molecule has 0 radical (unpaired) electrons. The summed E-state index contributed by atoms with van der Waals surface area (Å²) in [4.78, 5) is 0. The van der Waals surface area contributed by atoms with Crippen LogP contribution in [-0.2, 0) is 4.74 Å². The number of aliphatic hydroxyl groups is 1. The molecule has 1 aromatic rings. The number of methoxy groups -OCH3 is 1. The fraction of sp³-hybridized carbons (Fsp3) is 0.286. The zero-order valence-corrected chi connectivity index (χ0v) is 9.92. The molecule has 0 fully saturated rings. The van der Waals surface area contributed by atoms with E-state index in [1.54, 1.807) is 7.11 Å². The third-order valence-electron chi connectivity index (χ3n) is 3.32. The summed E-state index contributed by atoms with van der Waals surface area (Å²) in [5.41, 5.74) is 3.40. The van der Waals surface area contributed by atoms with Crippen LogP contribution >= 0.6 is 0 Å². The lowest BCUT2D eigenvalue weighted by atomic mass is 9.88. The van der Waals surface area contributed by atoms with Crippen LogP contribution in [0.2, 0.25) is 0 Å². The van der Waals surface area contributed by atoms with Crippen molar-refractivity contribution in [2.75, 3.05) is 7.11 Å². The van der Waals surface area contributed by atoms with E-state index in [9.17, 15) is 5.11 Å². The smallest absolute Gasteiger partial charge is 0.150 e. The summed E-state index contributed by atoms with van der Waals surface area (Å²) in [6.45, 7) is 2.04. The van der Waals surface area contributed by atoms with Crippen molar-refractivity contribution in [3.63, 3.8) is 0 Å². The highest BCUT2D eigenvalue weighted by Gasteiger charge is 2.27. The second-order valence-corrected chi connectivity index (χ2v) is 4.52. The molecule has 0 saturated carbocycles. The highest BCUT2D eigenvalue weighted by atomic mass is 16.5. The van der Waals surface area contributed by atoms with E-state index in [0.29, 0.717) is 0 Å². The Bertz CT molecular complexity index is 549. The number of hydrogen-bond donors (Lipinski definition) is 1. The Morgan fingerprint density at radius 3 is 3.00 bits per heavy atom. The number of allylic oxidation sites excluding steroid dienone is 4. The third-order valence-corrected chi connectivity index (χ3v) is 3.32. The van der Waals surface area contributed by atoms with E-state index in [1.807, 2.05) is 35.9 Å². The van der Waals surface area contributed by atoms with Crippen molar-refractivity contribution in [2.24, 2.45) is 0 Å². The minimum Gasteiger partial charge on any atom is -0.497 e. The van der Waals surface area contributed by atoms with Crippen molar-refractivity contribution in [1.82, 2.24) is 4.57 Å². The van der Waals surface area contributed by atoms with Gasteiger partial charge in [0, 0.05) is 17.8 Å². The minimum absolute atomic E-state index is 0.228. The number of fused-ring (bicyclic) bond motifs is 3. The van der Waals surface area contributed by atoms with Crippen LogP contribution in [0.25, 0.3) is 0 Å². The molecule has 88 valence electrons. The van der Waals surface area contributed by atoms with Gasteiger partial charge in [0.05, 0.1) is 7.11 Å². The van der Waals surface area contributed by atoms with Gasteiger partial charge in [-0.3, -0.25) is 0 Å². The number of nitrogens with zero attached hydrogens (tertiary/aromatic N) is 1. The molecule has 3 nitrogen and oxygen atoms in total. The molecule has 0 amide bonds. The second kappa shape index (κ2) is 3.64. The molecule has 1 N–H and O–H groups in total. The molecule has 1 aliphatic carbocycles. The Labute approximate surface area is 100 Å².